The third kappa shape index (κ3) is 5.94. The van der Waals surface area contributed by atoms with E-state index in [1.165, 1.54) is 6.20 Å². The van der Waals surface area contributed by atoms with Crippen molar-refractivity contribution in [2.75, 3.05) is 11.9 Å². The third-order valence-electron chi connectivity index (χ3n) is 10.1. The molecule has 4 N–H and O–H groups in total. The Morgan fingerprint density at radius 3 is 2.66 bits per heavy atom. The predicted octanol–water partition coefficient (Wildman–Crippen LogP) is 3.91. The molecule has 2 aromatic heterocycles. The highest BCUT2D eigenvalue weighted by atomic mass is 35.5. The van der Waals surface area contributed by atoms with Gasteiger partial charge in [-0.15, -0.1) is 24.8 Å². The van der Waals surface area contributed by atoms with Gasteiger partial charge < -0.3 is 26.1 Å². The molecule has 4 aliphatic rings. The van der Waals surface area contributed by atoms with Crippen molar-refractivity contribution in [1.29, 1.82) is 0 Å². The number of carbonyl (C=O) groups is 4. The molecule has 246 valence electrons. The molecule has 12 heteroatoms. The number of hydrogen-bond donors (Lipinski definition) is 3. The van der Waals surface area contributed by atoms with E-state index in [1.807, 2.05) is 43.3 Å². The van der Waals surface area contributed by atoms with Crippen LogP contribution in [0.1, 0.15) is 76.8 Å². The summed E-state index contributed by atoms with van der Waals surface area (Å²) in [7, 11) is 0. The fourth-order valence-electron chi connectivity index (χ4n) is 7.65. The van der Waals surface area contributed by atoms with Crippen LogP contribution in [0, 0.1) is 0 Å². The summed E-state index contributed by atoms with van der Waals surface area (Å²) >= 11 is 0. The first-order valence-corrected chi connectivity index (χ1v) is 15.6. The van der Waals surface area contributed by atoms with Crippen LogP contribution in [0.3, 0.4) is 0 Å². The number of piperidine rings is 1. The Kier molecular flexibility index (Phi) is 9.86. The zero-order valence-corrected chi connectivity index (χ0v) is 27.6. The molecule has 7 rings (SSSR count). The molecule has 2 aliphatic carbocycles. The highest BCUT2D eigenvalue weighted by Gasteiger charge is 2.52. The molecular formula is C35H38Cl2N6O4. The molecule has 3 aromatic rings. The minimum absolute atomic E-state index is 0. The molecule has 1 fully saturated rings. The second-order valence-corrected chi connectivity index (χ2v) is 12.7. The van der Waals surface area contributed by atoms with Crippen molar-refractivity contribution in [2.24, 2.45) is 5.73 Å². The molecule has 4 heterocycles. The first-order valence-electron chi connectivity index (χ1n) is 15.6. The van der Waals surface area contributed by atoms with E-state index in [4.69, 9.17) is 5.73 Å². The van der Waals surface area contributed by atoms with Crippen molar-refractivity contribution in [3.8, 4) is 0 Å². The first kappa shape index (κ1) is 34.2. The lowest BCUT2D eigenvalue weighted by molar-refractivity contribution is -0.141. The van der Waals surface area contributed by atoms with Gasteiger partial charge in [-0.05, 0) is 73.4 Å². The molecule has 3 amide bonds. The number of amides is 3. The van der Waals surface area contributed by atoms with E-state index in [0.29, 0.717) is 30.6 Å². The second kappa shape index (κ2) is 13.5. The number of aromatic nitrogens is 2. The van der Waals surface area contributed by atoms with Crippen LogP contribution < -0.4 is 16.4 Å². The van der Waals surface area contributed by atoms with E-state index < -0.39 is 17.4 Å². The largest absolute Gasteiger partial charge is 0.340 e. The maximum atomic E-state index is 13.6. The number of aldehydes is 1. The van der Waals surface area contributed by atoms with Gasteiger partial charge in [-0.3, -0.25) is 19.4 Å². The van der Waals surface area contributed by atoms with Gasteiger partial charge in [0.15, 0.2) is 0 Å². The Morgan fingerprint density at radius 1 is 1.13 bits per heavy atom. The van der Waals surface area contributed by atoms with Crippen LogP contribution in [-0.4, -0.2) is 63.5 Å². The summed E-state index contributed by atoms with van der Waals surface area (Å²) in [6.45, 7) is 1.90. The molecule has 1 saturated heterocycles. The molecule has 0 saturated carbocycles. The third-order valence-corrected chi connectivity index (χ3v) is 10.1. The lowest BCUT2D eigenvalue weighted by atomic mass is 9.78. The summed E-state index contributed by atoms with van der Waals surface area (Å²) in [4.78, 5) is 62.7. The summed E-state index contributed by atoms with van der Waals surface area (Å²) in [5, 5.41) is 5.89. The molecule has 0 bridgehead atoms. The second-order valence-electron chi connectivity index (χ2n) is 12.7. The normalized spacial score (nSPS) is 25.9. The van der Waals surface area contributed by atoms with Crippen LogP contribution in [0.4, 0.5) is 5.82 Å². The number of benzene rings is 1. The van der Waals surface area contributed by atoms with Crippen LogP contribution in [0.5, 0.6) is 0 Å². The van der Waals surface area contributed by atoms with Crippen molar-refractivity contribution in [3.63, 3.8) is 0 Å². The van der Waals surface area contributed by atoms with Gasteiger partial charge in [-0.1, -0.05) is 36.4 Å². The van der Waals surface area contributed by atoms with E-state index in [0.717, 1.165) is 59.1 Å². The van der Waals surface area contributed by atoms with Crippen molar-refractivity contribution in [2.45, 2.75) is 74.9 Å². The van der Waals surface area contributed by atoms with Gasteiger partial charge in [0.2, 0.25) is 11.8 Å². The summed E-state index contributed by atoms with van der Waals surface area (Å²) in [6.07, 6.45) is 10.3. The zero-order valence-electron chi connectivity index (χ0n) is 26.0. The minimum Gasteiger partial charge on any atom is -0.340 e. The predicted molar refractivity (Wildman–Crippen MR) is 183 cm³/mol. The van der Waals surface area contributed by atoms with Crippen LogP contribution in [-0.2, 0) is 32.6 Å². The number of halogens is 2. The number of carbonyl (C=O) groups excluding carboxylic acids is 4. The number of hydrogen-bond acceptors (Lipinski definition) is 7. The van der Waals surface area contributed by atoms with E-state index >= 15 is 0 Å². The standard InChI is InChI=1S/C35H36N6O4.2ClH/c1-20-26(21-7-3-2-4-8-21)15-29(33(44)41(20)11-12-42)39-32(43)24-13-22-16-35(17-30(22)37-19-24)27-14-23(18-38-31(27)40-34(35)45)25-9-5-6-10-28(25)36;;/h2-4,7-9,12-14,18-20,26,28-29H,5-6,10-11,15-17,36H2,1H3,(H,39,43)(H,38,40,45);2*1H/t20?,26?,28?,29?,35-;;/m0../s1. The summed E-state index contributed by atoms with van der Waals surface area (Å²) in [5.41, 5.74) is 11.3. The molecule has 1 spiro atoms. The Balaban J connectivity index is 0.00000217. The number of nitrogens with two attached hydrogens (primary N) is 1. The number of rotatable bonds is 6. The van der Waals surface area contributed by atoms with Gasteiger partial charge in [-0.25, -0.2) is 4.98 Å². The Labute approximate surface area is 285 Å². The number of fused-ring (bicyclic) bond motifs is 3. The molecule has 47 heavy (non-hydrogen) atoms. The number of allylic oxidation sites excluding steroid dienone is 1. The Morgan fingerprint density at radius 2 is 1.91 bits per heavy atom. The zero-order chi connectivity index (χ0) is 31.3. The van der Waals surface area contributed by atoms with Gasteiger partial charge in [0.05, 0.1) is 17.5 Å². The SMILES string of the molecule is CC1C(c2ccccc2)CC(NC(=O)c2cnc3c(c2)C[C@@]2(C3)C(=O)Nc3ncc(C4=CCCCC4N)cc32)C(=O)N1CC=O.Cl.Cl. The molecule has 2 aliphatic heterocycles. The maximum absolute atomic E-state index is 13.6. The monoisotopic (exact) mass is 676 g/mol. The van der Waals surface area contributed by atoms with E-state index in [1.54, 1.807) is 17.2 Å². The van der Waals surface area contributed by atoms with Crippen molar-refractivity contribution in [3.05, 3.63) is 94.4 Å². The van der Waals surface area contributed by atoms with Crippen molar-refractivity contribution >= 4 is 60.2 Å². The van der Waals surface area contributed by atoms with Gasteiger partial charge in [0, 0.05) is 48.1 Å². The van der Waals surface area contributed by atoms with Gasteiger partial charge in [-0.2, -0.15) is 0 Å². The summed E-state index contributed by atoms with van der Waals surface area (Å²) < 4.78 is 0. The fraction of sp³-hybridized carbons (Fsp3) is 0.371. The highest BCUT2D eigenvalue weighted by molar-refractivity contribution is 6.06. The molecular weight excluding hydrogens is 639 g/mol. The Bertz CT molecular complexity index is 1750. The highest BCUT2D eigenvalue weighted by Crippen LogP contribution is 2.47. The van der Waals surface area contributed by atoms with Gasteiger partial charge in [0.1, 0.15) is 18.1 Å². The first-order chi connectivity index (χ1) is 21.8. The minimum atomic E-state index is -0.865. The fourth-order valence-corrected chi connectivity index (χ4v) is 7.65. The van der Waals surface area contributed by atoms with Crippen LogP contribution >= 0.6 is 24.8 Å². The molecule has 0 radical (unpaired) electrons. The summed E-state index contributed by atoms with van der Waals surface area (Å²) in [6, 6.07) is 12.6. The van der Waals surface area contributed by atoms with Crippen molar-refractivity contribution < 1.29 is 19.2 Å². The number of nitrogens with zero attached hydrogens (tertiary/aromatic N) is 3. The van der Waals surface area contributed by atoms with Crippen LogP contribution in [0.15, 0.2) is 60.9 Å². The number of likely N-dealkylation sites (tertiary alicyclic amines) is 1. The van der Waals surface area contributed by atoms with E-state index in [2.05, 4.69) is 26.7 Å². The topological polar surface area (TPSA) is 147 Å². The lowest BCUT2D eigenvalue weighted by Gasteiger charge is -2.42. The smallest absolute Gasteiger partial charge is 0.253 e. The Hall–Kier alpha value is -4.12. The quantitative estimate of drug-likeness (QED) is 0.336. The number of nitrogens with one attached hydrogen (secondary N) is 2. The average molecular weight is 678 g/mol. The van der Waals surface area contributed by atoms with Crippen LogP contribution in [0.25, 0.3) is 5.57 Å². The van der Waals surface area contributed by atoms with Crippen LogP contribution in [0.2, 0.25) is 0 Å². The van der Waals surface area contributed by atoms with E-state index in [-0.39, 0.29) is 61.2 Å². The average Bonchev–Trinajstić information content (AvgIpc) is 3.57. The summed E-state index contributed by atoms with van der Waals surface area (Å²) in [5.74, 6) is -0.325. The molecule has 5 atom stereocenters. The maximum Gasteiger partial charge on any atom is 0.253 e. The number of pyridine rings is 2. The molecule has 4 unspecified atom stereocenters. The van der Waals surface area contributed by atoms with Gasteiger partial charge >= 0.3 is 0 Å². The van der Waals surface area contributed by atoms with Gasteiger partial charge in [0.25, 0.3) is 5.91 Å². The van der Waals surface area contributed by atoms with Crippen molar-refractivity contribution in [1.82, 2.24) is 20.2 Å². The lowest BCUT2D eigenvalue weighted by Crippen LogP contribution is -2.58. The molecule has 10 nitrogen and oxygen atoms in total. The molecule has 1 aromatic carbocycles. The number of anilines is 1. The van der Waals surface area contributed by atoms with E-state index in [9.17, 15) is 19.2 Å².